The van der Waals surface area contributed by atoms with Crippen molar-refractivity contribution in [1.82, 2.24) is 24.8 Å². The Morgan fingerprint density at radius 2 is 1.74 bits per heavy atom. The molecule has 5 rings (SSSR count). The predicted molar refractivity (Wildman–Crippen MR) is 128 cm³/mol. The summed E-state index contributed by atoms with van der Waals surface area (Å²) >= 11 is 1.62. The highest BCUT2D eigenvalue weighted by Crippen LogP contribution is 2.26. The maximum Gasteiger partial charge on any atom is 0.191 e. The van der Waals surface area contributed by atoms with E-state index in [1.54, 1.807) is 11.8 Å². The highest BCUT2D eigenvalue weighted by atomic mass is 32.2. The second-order valence-corrected chi connectivity index (χ2v) is 9.55. The van der Waals surface area contributed by atoms with E-state index < -0.39 is 11.6 Å². The molecule has 0 fully saturated rings. The number of hydrogen-bond donors (Lipinski definition) is 0. The van der Waals surface area contributed by atoms with Crippen molar-refractivity contribution >= 4 is 11.8 Å². The van der Waals surface area contributed by atoms with Gasteiger partial charge in [-0.1, -0.05) is 29.1 Å². The van der Waals surface area contributed by atoms with Crippen molar-refractivity contribution in [2.24, 2.45) is 7.05 Å². The summed E-state index contributed by atoms with van der Waals surface area (Å²) in [5.41, 5.74) is 5.25. The van der Waals surface area contributed by atoms with Gasteiger partial charge in [-0.15, -0.1) is 10.2 Å². The fourth-order valence-electron chi connectivity index (χ4n) is 4.25. The first-order valence-corrected chi connectivity index (χ1v) is 12.2. The highest BCUT2D eigenvalue weighted by molar-refractivity contribution is 7.99. The Hall–Kier alpha value is -3.04. The first kappa shape index (κ1) is 22.7. The lowest BCUT2D eigenvalue weighted by atomic mass is 9.99. The number of nitrogens with zero attached hydrogens (tertiary/aromatic N) is 5. The lowest BCUT2D eigenvalue weighted by Crippen LogP contribution is -2.28. The van der Waals surface area contributed by atoms with Crippen LogP contribution < -0.4 is 0 Å². The Bertz CT molecular complexity index is 1320. The fraction of sp³-hybridized carbons (Fsp3) is 0.320. The number of fused-ring (bicyclic) bond motifs is 1. The zero-order valence-electron chi connectivity index (χ0n) is 19.1. The van der Waals surface area contributed by atoms with Crippen molar-refractivity contribution in [2.75, 3.05) is 25.4 Å². The van der Waals surface area contributed by atoms with Crippen LogP contribution in [-0.2, 0) is 19.9 Å². The third kappa shape index (κ3) is 4.76. The van der Waals surface area contributed by atoms with Gasteiger partial charge >= 0.3 is 0 Å². The lowest BCUT2D eigenvalue weighted by Gasteiger charge is -2.19. The second-order valence-electron chi connectivity index (χ2n) is 8.49. The Morgan fingerprint density at radius 3 is 2.50 bits per heavy atom. The summed E-state index contributed by atoms with van der Waals surface area (Å²) in [6.07, 6.45) is 2.01. The number of benzene rings is 2. The molecular weight excluding hydrogens is 456 g/mol. The molecule has 0 saturated carbocycles. The van der Waals surface area contributed by atoms with Gasteiger partial charge in [0.2, 0.25) is 0 Å². The largest absolute Gasteiger partial charge is 0.361 e. The number of aromatic nitrogens is 4. The second kappa shape index (κ2) is 9.68. The maximum absolute atomic E-state index is 13.6. The van der Waals surface area contributed by atoms with Crippen molar-refractivity contribution in [3.8, 4) is 22.6 Å². The molecule has 0 amide bonds. The SMILES string of the molecule is Cc1cc(-c2ccc3c(c2)CCN(CCSc2nnc(-c4ccc(F)c(F)c4)n2C)CC3)no1. The van der Waals surface area contributed by atoms with E-state index in [9.17, 15) is 8.78 Å². The fourth-order valence-corrected chi connectivity index (χ4v) is 5.16. The summed E-state index contributed by atoms with van der Waals surface area (Å²) in [5.74, 6) is 0.437. The lowest BCUT2D eigenvalue weighted by molar-refractivity contribution is 0.306. The first-order valence-electron chi connectivity index (χ1n) is 11.2. The van der Waals surface area contributed by atoms with E-state index >= 15 is 0 Å². The van der Waals surface area contributed by atoms with Crippen LogP contribution in [-0.4, -0.2) is 50.2 Å². The van der Waals surface area contributed by atoms with Crippen LogP contribution in [0.1, 0.15) is 16.9 Å². The van der Waals surface area contributed by atoms with Crippen LogP contribution in [0.15, 0.2) is 52.1 Å². The summed E-state index contributed by atoms with van der Waals surface area (Å²) in [5, 5.41) is 13.3. The molecule has 0 atom stereocenters. The molecule has 1 aliphatic heterocycles. The van der Waals surface area contributed by atoms with E-state index in [1.807, 2.05) is 24.6 Å². The first-order chi connectivity index (χ1) is 16.5. The van der Waals surface area contributed by atoms with Crippen LogP contribution >= 0.6 is 11.8 Å². The van der Waals surface area contributed by atoms with E-state index in [4.69, 9.17) is 4.52 Å². The Labute approximate surface area is 201 Å². The van der Waals surface area contributed by atoms with Crippen molar-refractivity contribution in [3.05, 3.63) is 71.0 Å². The van der Waals surface area contributed by atoms with Gasteiger partial charge in [-0.25, -0.2) is 8.78 Å². The molecule has 176 valence electrons. The molecule has 0 radical (unpaired) electrons. The Balaban J connectivity index is 1.18. The summed E-state index contributed by atoms with van der Waals surface area (Å²) in [6.45, 7) is 4.84. The minimum Gasteiger partial charge on any atom is -0.361 e. The number of thioether (sulfide) groups is 1. The quantitative estimate of drug-likeness (QED) is 0.365. The summed E-state index contributed by atoms with van der Waals surface area (Å²) in [6, 6.07) is 12.3. The predicted octanol–water partition coefficient (Wildman–Crippen LogP) is 4.92. The van der Waals surface area contributed by atoms with Crippen LogP contribution in [0.3, 0.4) is 0 Å². The van der Waals surface area contributed by atoms with Crippen LogP contribution in [0.4, 0.5) is 8.78 Å². The van der Waals surface area contributed by atoms with Gasteiger partial charge in [0.1, 0.15) is 11.5 Å². The van der Waals surface area contributed by atoms with Crippen LogP contribution in [0, 0.1) is 18.6 Å². The monoisotopic (exact) mass is 481 g/mol. The third-order valence-corrected chi connectivity index (χ3v) is 7.18. The maximum atomic E-state index is 13.6. The van der Waals surface area contributed by atoms with Gasteiger partial charge in [0.15, 0.2) is 22.6 Å². The van der Waals surface area contributed by atoms with Gasteiger partial charge in [-0.2, -0.15) is 0 Å². The summed E-state index contributed by atoms with van der Waals surface area (Å²) in [7, 11) is 1.84. The molecule has 9 heteroatoms. The minimum atomic E-state index is -0.889. The van der Waals surface area contributed by atoms with E-state index in [2.05, 4.69) is 38.5 Å². The zero-order valence-corrected chi connectivity index (χ0v) is 19.9. The molecule has 0 saturated heterocycles. The molecule has 2 aromatic heterocycles. The summed E-state index contributed by atoms with van der Waals surface area (Å²) < 4.78 is 33.9. The molecule has 0 aliphatic carbocycles. The van der Waals surface area contributed by atoms with Crippen molar-refractivity contribution in [3.63, 3.8) is 0 Å². The van der Waals surface area contributed by atoms with Gasteiger partial charge in [-0.3, -0.25) is 0 Å². The van der Waals surface area contributed by atoms with E-state index in [0.29, 0.717) is 11.4 Å². The Kier molecular flexibility index (Phi) is 6.47. The molecular formula is C25H25F2N5OS. The van der Waals surface area contributed by atoms with Gasteiger partial charge in [0.25, 0.3) is 0 Å². The normalized spacial score (nSPS) is 14.2. The molecule has 4 aromatic rings. The average molecular weight is 482 g/mol. The molecule has 0 bridgehead atoms. The molecule has 1 aliphatic rings. The highest BCUT2D eigenvalue weighted by Gasteiger charge is 2.17. The third-order valence-electron chi connectivity index (χ3n) is 6.18. The van der Waals surface area contributed by atoms with Crippen LogP contribution in [0.25, 0.3) is 22.6 Å². The van der Waals surface area contributed by atoms with Gasteiger partial charge in [-0.05, 0) is 55.2 Å². The standard InChI is InChI=1S/C25H25F2N5OS/c1-16-13-23(30-33-16)19-4-3-17-7-9-32(10-8-18(17)14-19)11-12-34-25-29-28-24(31(25)2)20-5-6-21(26)22(27)15-20/h3-6,13-15H,7-12H2,1-2H3. The zero-order chi connectivity index (χ0) is 23.7. The van der Waals surface area contributed by atoms with Crippen molar-refractivity contribution < 1.29 is 13.3 Å². The molecule has 2 aromatic carbocycles. The number of rotatable bonds is 6. The topological polar surface area (TPSA) is 60.0 Å². The van der Waals surface area contributed by atoms with Crippen LogP contribution in [0.2, 0.25) is 0 Å². The molecule has 0 unspecified atom stereocenters. The van der Waals surface area contributed by atoms with Gasteiger partial charge < -0.3 is 14.0 Å². The van der Waals surface area contributed by atoms with Crippen LogP contribution in [0.5, 0.6) is 0 Å². The number of aryl methyl sites for hydroxylation is 1. The van der Waals surface area contributed by atoms with Gasteiger partial charge in [0, 0.05) is 49.6 Å². The molecule has 0 N–H and O–H groups in total. The smallest absolute Gasteiger partial charge is 0.191 e. The molecule has 34 heavy (non-hydrogen) atoms. The summed E-state index contributed by atoms with van der Waals surface area (Å²) in [4.78, 5) is 2.47. The minimum absolute atomic E-state index is 0.506. The van der Waals surface area contributed by atoms with E-state index in [0.717, 1.165) is 72.5 Å². The molecule has 6 nitrogen and oxygen atoms in total. The molecule has 3 heterocycles. The average Bonchev–Trinajstić information content (AvgIpc) is 3.36. The van der Waals surface area contributed by atoms with Gasteiger partial charge in [0.05, 0.1) is 0 Å². The molecule has 0 spiro atoms. The van der Waals surface area contributed by atoms with Crippen molar-refractivity contribution in [2.45, 2.75) is 24.9 Å². The van der Waals surface area contributed by atoms with E-state index in [-0.39, 0.29) is 0 Å². The number of hydrogen-bond acceptors (Lipinski definition) is 6. The van der Waals surface area contributed by atoms with E-state index in [1.165, 1.54) is 17.2 Å². The Morgan fingerprint density at radius 1 is 0.941 bits per heavy atom. The van der Waals surface area contributed by atoms with Crippen molar-refractivity contribution in [1.29, 1.82) is 0 Å². The number of halogens is 2.